The lowest BCUT2D eigenvalue weighted by molar-refractivity contribution is -0.135. The number of ether oxygens (including phenoxy) is 1. The Morgan fingerprint density at radius 2 is 1.82 bits per heavy atom. The monoisotopic (exact) mass is 534 g/mol. The molecule has 1 saturated heterocycles. The minimum Gasteiger partial charge on any atom is -0.481 e. The molecule has 11 heteroatoms. The lowest BCUT2D eigenvalue weighted by Gasteiger charge is -2.37. The van der Waals surface area contributed by atoms with Crippen molar-refractivity contribution in [2.75, 3.05) is 26.3 Å². The fourth-order valence-corrected chi connectivity index (χ4v) is 4.94. The predicted octanol–water partition coefficient (Wildman–Crippen LogP) is 2.38. The highest BCUT2D eigenvalue weighted by atomic mass is 16.5. The Morgan fingerprint density at radius 3 is 2.39 bits per heavy atom. The molecule has 2 aliphatic rings. The zero-order valence-corrected chi connectivity index (χ0v) is 22.8. The van der Waals surface area contributed by atoms with Crippen molar-refractivity contribution in [3.8, 4) is 0 Å². The number of hydrogen-bond acceptors (Lipinski definition) is 7. The predicted molar refractivity (Wildman–Crippen MR) is 143 cm³/mol. The van der Waals surface area contributed by atoms with Crippen LogP contribution in [-0.2, 0) is 27.3 Å². The summed E-state index contributed by atoms with van der Waals surface area (Å²) in [5.74, 6) is 0.163. The van der Waals surface area contributed by atoms with Crippen LogP contribution >= 0.6 is 0 Å². The molecule has 0 unspecified atom stereocenters. The van der Waals surface area contributed by atoms with E-state index in [-0.39, 0.29) is 30.6 Å². The van der Waals surface area contributed by atoms with E-state index in [9.17, 15) is 9.90 Å². The number of amides is 1. The van der Waals surface area contributed by atoms with Gasteiger partial charge in [-0.1, -0.05) is 13.8 Å². The first-order valence-electron chi connectivity index (χ1n) is 13.1. The van der Waals surface area contributed by atoms with Gasteiger partial charge in [-0.2, -0.15) is 0 Å². The van der Waals surface area contributed by atoms with Gasteiger partial charge >= 0.3 is 0 Å². The van der Waals surface area contributed by atoms with Crippen molar-refractivity contribution in [1.82, 2.24) is 14.5 Å². The van der Waals surface area contributed by atoms with Crippen LogP contribution in [-0.4, -0.2) is 86.1 Å². The summed E-state index contributed by atoms with van der Waals surface area (Å²) in [7, 11) is 0. The van der Waals surface area contributed by atoms with Crippen LogP contribution in [0, 0.1) is 11.8 Å². The number of fused-ring (bicyclic) bond motifs is 2. The fraction of sp³-hybridized carbons (Fsp3) is 0.630. The van der Waals surface area contributed by atoms with E-state index in [1.165, 1.54) is 0 Å². The number of aryl methyl sites for hydroxylation is 1. The number of carboxylic acids is 2. The van der Waals surface area contributed by atoms with Gasteiger partial charge in [0, 0.05) is 45.5 Å². The zero-order valence-electron chi connectivity index (χ0n) is 22.8. The van der Waals surface area contributed by atoms with Gasteiger partial charge in [-0.05, 0) is 55.8 Å². The first-order chi connectivity index (χ1) is 18.0. The standard InChI is InChI=1S/C23H34N4O3.2C2H4O2/c1-15(2)10-22-25-18-5-4-17(13-19(18)26(22)7-3-6-24)23(29)27-8-9-30-21-12-16(14-28)11-20(21)27;2*1-2(3)4/h4-5,13,15-16,20-21,28H,3,6-12,14,24H2,1-2H3;2*1H3,(H,3,4)/t16-,20+,21+;;/m1../s1. The van der Waals surface area contributed by atoms with Crippen molar-refractivity contribution in [2.45, 2.75) is 72.1 Å². The number of aliphatic hydroxyl groups is 1. The summed E-state index contributed by atoms with van der Waals surface area (Å²) in [5.41, 5.74) is 8.40. The molecule has 212 valence electrons. The van der Waals surface area contributed by atoms with Crippen LogP contribution in [0.15, 0.2) is 18.2 Å². The summed E-state index contributed by atoms with van der Waals surface area (Å²) in [5, 5.41) is 24.4. The molecule has 2 fully saturated rings. The summed E-state index contributed by atoms with van der Waals surface area (Å²) >= 11 is 0. The molecule has 1 amide bonds. The molecular formula is C27H42N4O7. The van der Waals surface area contributed by atoms with Gasteiger partial charge in [0.25, 0.3) is 17.8 Å². The molecule has 4 rings (SSSR count). The largest absolute Gasteiger partial charge is 0.481 e. The number of carbonyl (C=O) groups excluding carboxylic acids is 1. The van der Waals surface area contributed by atoms with E-state index in [0.29, 0.717) is 31.2 Å². The molecule has 2 aromatic rings. The molecule has 3 atom stereocenters. The van der Waals surface area contributed by atoms with E-state index in [1.54, 1.807) is 0 Å². The SMILES string of the molecule is CC(=O)O.CC(=O)O.CC(C)Cc1nc2ccc(C(=O)N3CCO[C@H]4C[C@H](CO)C[C@@H]43)cc2n1CCCN. The Hall–Kier alpha value is -3.02. The molecule has 1 aromatic heterocycles. The van der Waals surface area contributed by atoms with Gasteiger partial charge in [0.05, 0.1) is 29.8 Å². The Kier molecular flexibility index (Phi) is 12.1. The number of rotatable bonds is 7. The number of carboxylic acid groups (broad SMARTS) is 2. The Labute approximate surface area is 223 Å². The van der Waals surface area contributed by atoms with Crippen molar-refractivity contribution in [3.05, 3.63) is 29.6 Å². The molecule has 0 bridgehead atoms. The Bertz CT molecular complexity index is 1060. The third-order valence-corrected chi connectivity index (χ3v) is 6.40. The van der Waals surface area contributed by atoms with Crippen molar-refractivity contribution in [3.63, 3.8) is 0 Å². The number of aliphatic carboxylic acids is 2. The van der Waals surface area contributed by atoms with Crippen LogP contribution in [0.5, 0.6) is 0 Å². The number of hydrogen-bond donors (Lipinski definition) is 4. The minimum absolute atomic E-state index is 0.0382. The summed E-state index contributed by atoms with van der Waals surface area (Å²) in [4.78, 5) is 38.3. The third kappa shape index (κ3) is 8.78. The fourth-order valence-electron chi connectivity index (χ4n) is 4.94. The van der Waals surface area contributed by atoms with E-state index < -0.39 is 11.9 Å². The van der Waals surface area contributed by atoms with Gasteiger partial charge in [-0.3, -0.25) is 14.4 Å². The number of nitrogens with zero attached hydrogens (tertiary/aromatic N) is 3. The molecule has 0 radical (unpaired) electrons. The Balaban J connectivity index is 0.000000559. The maximum absolute atomic E-state index is 13.4. The van der Waals surface area contributed by atoms with Crippen LogP contribution in [0.1, 0.15) is 63.1 Å². The van der Waals surface area contributed by atoms with Gasteiger partial charge in [0.1, 0.15) is 5.82 Å². The van der Waals surface area contributed by atoms with Gasteiger partial charge in [-0.15, -0.1) is 0 Å². The van der Waals surface area contributed by atoms with E-state index in [0.717, 1.165) is 62.9 Å². The van der Waals surface area contributed by atoms with Crippen LogP contribution in [0.3, 0.4) is 0 Å². The van der Waals surface area contributed by atoms with E-state index >= 15 is 0 Å². The smallest absolute Gasteiger partial charge is 0.300 e. The number of morpholine rings is 1. The highest BCUT2D eigenvalue weighted by molar-refractivity contribution is 5.97. The van der Waals surface area contributed by atoms with Gasteiger partial charge in [-0.25, -0.2) is 4.98 Å². The van der Waals surface area contributed by atoms with Crippen molar-refractivity contribution in [2.24, 2.45) is 17.6 Å². The number of imidazole rings is 1. The summed E-state index contributed by atoms with van der Waals surface area (Å²) in [6.45, 7) is 9.30. The van der Waals surface area contributed by atoms with Crippen molar-refractivity contribution < 1.29 is 34.4 Å². The number of nitrogens with two attached hydrogens (primary N) is 1. The van der Waals surface area contributed by atoms with Crippen LogP contribution in [0.2, 0.25) is 0 Å². The normalized spacial score (nSPS) is 20.3. The van der Waals surface area contributed by atoms with E-state index in [2.05, 4.69) is 18.4 Å². The highest BCUT2D eigenvalue weighted by Crippen LogP contribution is 2.35. The van der Waals surface area contributed by atoms with Gasteiger partial charge in [0.15, 0.2) is 0 Å². The minimum atomic E-state index is -0.833. The molecule has 1 aliphatic heterocycles. The second kappa shape index (κ2) is 14.8. The van der Waals surface area contributed by atoms with Crippen molar-refractivity contribution >= 4 is 28.9 Å². The lowest BCUT2D eigenvalue weighted by Crippen LogP contribution is -2.51. The molecule has 5 N–H and O–H groups in total. The highest BCUT2D eigenvalue weighted by Gasteiger charge is 2.42. The first-order valence-corrected chi connectivity index (χ1v) is 13.1. The first kappa shape index (κ1) is 31.2. The van der Waals surface area contributed by atoms with Gasteiger partial charge < -0.3 is 35.3 Å². The summed E-state index contributed by atoms with van der Waals surface area (Å²) in [6.07, 6.45) is 3.45. The molecule has 38 heavy (non-hydrogen) atoms. The lowest BCUT2D eigenvalue weighted by atomic mass is 10.1. The molecule has 1 aliphatic carbocycles. The average molecular weight is 535 g/mol. The molecular weight excluding hydrogens is 492 g/mol. The average Bonchev–Trinajstić information content (AvgIpc) is 3.41. The third-order valence-electron chi connectivity index (χ3n) is 6.40. The van der Waals surface area contributed by atoms with Crippen molar-refractivity contribution in [1.29, 1.82) is 0 Å². The summed E-state index contributed by atoms with van der Waals surface area (Å²) in [6, 6.07) is 5.91. The second-order valence-electron chi connectivity index (χ2n) is 10.2. The number of benzene rings is 1. The molecule has 11 nitrogen and oxygen atoms in total. The van der Waals surface area contributed by atoms with Crippen LogP contribution in [0.4, 0.5) is 0 Å². The van der Waals surface area contributed by atoms with E-state index in [4.69, 9.17) is 35.3 Å². The molecule has 2 heterocycles. The second-order valence-corrected chi connectivity index (χ2v) is 10.2. The number of aromatic nitrogens is 2. The van der Waals surface area contributed by atoms with Gasteiger partial charge in [0.2, 0.25) is 0 Å². The maximum Gasteiger partial charge on any atom is 0.300 e. The number of aliphatic hydroxyl groups excluding tert-OH is 1. The summed E-state index contributed by atoms with van der Waals surface area (Å²) < 4.78 is 8.13. The zero-order chi connectivity index (χ0) is 28.4. The quantitative estimate of drug-likeness (QED) is 0.417. The molecule has 1 aromatic carbocycles. The van der Waals surface area contributed by atoms with Crippen LogP contribution in [0.25, 0.3) is 11.0 Å². The van der Waals surface area contributed by atoms with Crippen LogP contribution < -0.4 is 5.73 Å². The molecule has 0 spiro atoms. The Morgan fingerprint density at radius 1 is 1.16 bits per heavy atom. The topological polar surface area (TPSA) is 168 Å². The maximum atomic E-state index is 13.4. The number of carbonyl (C=O) groups is 3. The molecule has 1 saturated carbocycles. The van der Waals surface area contributed by atoms with E-state index in [1.807, 2.05) is 23.1 Å².